The summed E-state index contributed by atoms with van der Waals surface area (Å²) in [6.07, 6.45) is 4.88. The molecule has 0 spiro atoms. The first-order valence-electron chi connectivity index (χ1n) is 13.3. The summed E-state index contributed by atoms with van der Waals surface area (Å²) in [6.45, 7) is 6.97. The Hall–Kier alpha value is -4.33. The van der Waals surface area contributed by atoms with Gasteiger partial charge in [0.1, 0.15) is 17.6 Å². The lowest BCUT2D eigenvalue weighted by molar-refractivity contribution is -0.140. The van der Waals surface area contributed by atoms with Gasteiger partial charge >= 0.3 is 0 Å². The summed E-state index contributed by atoms with van der Waals surface area (Å²) in [5, 5.41) is 11.5. The zero-order chi connectivity index (χ0) is 27.5. The highest BCUT2D eigenvalue weighted by Gasteiger charge is 2.46. The van der Waals surface area contributed by atoms with Gasteiger partial charge in [-0.05, 0) is 73.4 Å². The third-order valence-corrected chi connectivity index (χ3v) is 6.83. The van der Waals surface area contributed by atoms with Gasteiger partial charge in [-0.25, -0.2) is 0 Å². The minimum atomic E-state index is -0.840. The molecule has 0 aliphatic carbocycles. The van der Waals surface area contributed by atoms with Gasteiger partial charge in [0.05, 0.1) is 24.8 Å². The van der Waals surface area contributed by atoms with E-state index in [0.717, 1.165) is 23.3 Å². The molecule has 0 saturated carbocycles. The molecule has 1 amide bonds. The standard InChI is InChI=1S/C31H32N2O6/c1-4-13-38-25-11-8-21(16-26(25)37-5-2)28-27(29(34)22-9-10-24-23(15-22)14-19(3)39-24)30(35)31(36)33(28)18-20-7-6-12-32-17-20/h6-12,15-17,19,28,34H,4-5,13-14,18H2,1-3H3/b29-27+/t19-,28+/m1/s1. The smallest absolute Gasteiger partial charge is 0.295 e. The molecule has 0 unspecified atom stereocenters. The average Bonchev–Trinajstić information content (AvgIpc) is 3.43. The molecule has 1 N–H and O–H groups in total. The van der Waals surface area contributed by atoms with Crippen LogP contribution in [0.3, 0.4) is 0 Å². The van der Waals surface area contributed by atoms with Crippen LogP contribution in [0.2, 0.25) is 0 Å². The van der Waals surface area contributed by atoms with Gasteiger partial charge < -0.3 is 24.2 Å². The number of pyridine rings is 1. The van der Waals surface area contributed by atoms with E-state index >= 15 is 0 Å². The number of ether oxygens (including phenoxy) is 3. The van der Waals surface area contributed by atoms with Gasteiger partial charge in [0.15, 0.2) is 11.5 Å². The van der Waals surface area contributed by atoms with Crippen LogP contribution in [0.5, 0.6) is 17.2 Å². The Morgan fingerprint density at radius 1 is 1.10 bits per heavy atom. The summed E-state index contributed by atoms with van der Waals surface area (Å²) in [7, 11) is 0. The number of aromatic nitrogens is 1. The zero-order valence-corrected chi connectivity index (χ0v) is 22.3. The van der Waals surface area contributed by atoms with Crippen LogP contribution < -0.4 is 14.2 Å². The third kappa shape index (κ3) is 5.19. The van der Waals surface area contributed by atoms with Crippen molar-refractivity contribution in [2.24, 2.45) is 0 Å². The van der Waals surface area contributed by atoms with Crippen LogP contribution >= 0.6 is 0 Å². The maximum absolute atomic E-state index is 13.5. The van der Waals surface area contributed by atoms with Gasteiger partial charge in [-0.3, -0.25) is 14.6 Å². The van der Waals surface area contributed by atoms with Crippen molar-refractivity contribution in [3.63, 3.8) is 0 Å². The molecule has 39 heavy (non-hydrogen) atoms. The van der Waals surface area contributed by atoms with Crippen molar-refractivity contribution in [1.29, 1.82) is 0 Å². The maximum Gasteiger partial charge on any atom is 0.295 e. The zero-order valence-electron chi connectivity index (χ0n) is 22.3. The second kappa shape index (κ2) is 11.2. The lowest BCUT2D eigenvalue weighted by atomic mass is 9.94. The highest BCUT2D eigenvalue weighted by atomic mass is 16.5. The van der Waals surface area contributed by atoms with E-state index in [0.29, 0.717) is 42.3 Å². The molecule has 1 fully saturated rings. The molecule has 3 aromatic rings. The number of Topliss-reactive ketones (excluding diaryl/α,β-unsaturated/α-hetero) is 1. The predicted molar refractivity (Wildman–Crippen MR) is 146 cm³/mol. The number of aliphatic hydroxyl groups is 1. The number of hydrogen-bond donors (Lipinski definition) is 1. The molecule has 0 bridgehead atoms. The Labute approximate surface area is 227 Å². The quantitative estimate of drug-likeness (QED) is 0.231. The summed E-state index contributed by atoms with van der Waals surface area (Å²) in [5.74, 6) is 0.206. The highest BCUT2D eigenvalue weighted by Crippen LogP contribution is 2.43. The van der Waals surface area contributed by atoms with E-state index in [-0.39, 0.29) is 24.0 Å². The topological polar surface area (TPSA) is 98.2 Å². The number of carbonyl (C=O) groups excluding carboxylic acids is 2. The normalized spacial score (nSPS) is 19.6. The number of likely N-dealkylation sites (tertiary alicyclic amines) is 1. The van der Waals surface area contributed by atoms with Gasteiger partial charge in [-0.15, -0.1) is 0 Å². The highest BCUT2D eigenvalue weighted by molar-refractivity contribution is 6.46. The molecule has 8 nitrogen and oxygen atoms in total. The molecule has 5 rings (SSSR count). The second-order valence-corrected chi connectivity index (χ2v) is 9.73. The first-order valence-corrected chi connectivity index (χ1v) is 13.3. The number of amides is 1. The Morgan fingerprint density at radius 2 is 1.95 bits per heavy atom. The molecular weight excluding hydrogens is 496 g/mol. The molecule has 1 aromatic heterocycles. The Morgan fingerprint density at radius 3 is 2.69 bits per heavy atom. The Bertz CT molecular complexity index is 1420. The molecule has 2 aromatic carbocycles. The van der Waals surface area contributed by atoms with E-state index in [2.05, 4.69) is 4.98 Å². The fourth-order valence-corrected chi connectivity index (χ4v) is 5.10. The average molecular weight is 529 g/mol. The summed E-state index contributed by atoms with van der Waals surface area (Å²) >= 11 is 0. The molecule has 8 heteroatoms. The van der Waals surface area contributed by atoms with Crippen LogP contribution in [0.1, 0.15) is 55.5 Å². The lowest BCUT2D eigenvalue weighted by Crippen LogP contribution is -2.29. The number of rotatable bonds is 9. The number of aliphatic hydroxyl groups excluding tert-OH is 1. The van der Waals surface area contributed by atoms with Gasteiger partial charge in [0.25, 0.3) is 11.7 Å². The first-order chi connectivity index (χ1) is 18.9. The lowest BCUT2D eigenvalue weighted by Gasteiger charge is -2.26. The van der Waals surface area contributed by atoms with Crippen molar-refractivity contribution in [3.8, 4) is 17.2 Å². The third-order valence-electron chi connectivity index (χ3n) is 6.83. The van der Waals surface area contributed by atoms with Crippen molar-refractivity contribution < 1.29 is 28.9 Å². The largest absolute Gasteiger partial charge is 0.507 e. The number of fused-ring (bicyclic) bond motifs is 1. The van der Waals surface area contributed by atoms with E-state index in [1.165, 1.54) is 4.90 Å². The summed E-state index contributed by atoms with van der Waals surface area (Å²) < 4.78 is 17.5. The van der Waals surface area contributed by atoms with E-state index in [9.17, 15) is 14.7 Å². The van der Waals surface area contributed by atoms with E-state index in [1.54, 1.807) is 42.7 Å². The SMILES string of the molecule is CCCOc1ccc([C@H]2/C(=C(\O)c3ccc4c(c3)C[C@@H](C)O4)C(=O)C(=O)N2Cc2cccnc2)cc1OCC. The van der Waals surface area contributed by atoms with Gasteiger partial charge in [-0.1, -0.05) is 19.1 Å². The summed E-state index contributed by atoms with van der Waals surface area (Å²) in [5.41, 5.74) is 2.83. The number of ketones is 1. The van der Waals surface area contributed by atoms with Crippen LogP contribution in [0, 0.1) is 0 Å². The fraction of sp³-hybridized carbons (Fsp3) is 0.323. The van der Waals surface area contributed by atoms with Crippen molar-refractivity contribution in [2.45, 2.75) is 52.3 Å². The maximum atomic E-state index is 13.5. The summed E-state index contributed by atoms with van der Waals surface area (Å²) in [4.78, 5) is 32.6. The van der Waals surface area contributed by atoms with E-state index in [1.807, 2.05) is 39.0 Å². The van der Waals surface area contributed by atoms with Crippen molar-refractivity contribution in [3.05, 3.63) is 88.8 Å². The monoisotopic (exact) mass is 528 g/mol. The fourth-order valence-electron chi connectivity index (χ4n) is 5.10. The molecular formula is C31H32N2O6. The molecule has 1 saturated heterocycles. The van der Waals surface area contributed by atoms with E-state index in [4.69, 9.17) is 14.2 Å². The molecule has 2 aliphatic heterocycles. The van der Waals surface area contributed by atoms with Crippen LogP contribution in [0.4, 0.5) is 0 Å². The van der Waals surface area contributed by atoms with Crippen LogP contribution in [0.25, 0.3) is 5.76 Å². The Balaban J connectivity index is 1.63. The van der Waals surface area contributed by atoms with Crippen molar-refractivity contribution >= 4 is 17.4 Å². The predicted octanol–water partition coefficient (Wildman–Crippen LogP) is 5.21. The van der Waals surface area contributed by atoms with Gasteiger partial charge in [-0.2, -0.15) is 0 Å². The van der Waals surface area contributed by atoms with Crippen LogP contribution in [0.15, 0.2) is 66.5 Å². The van der Waals surface area contributed by atoms with E-state index < -0.39 is 17.7 Å². The molecule has 0 radical (unpaired) electrons. The van der Waals surface area contributed by atoms with Crippen LogP contribution in [-0.4, -0.2) is 46.0 Å². The minimum Gasteiger partial charge on any atom is -0.507 e. The second-order valence-electron chi connectivity index (χ2n) is 9.73. The molecule has 2 atom stereocenters. The number of benzene rings is 2. The van der Waals surface area contributed by atoms with Gasteiger partial charge in [0.2, 0.25) is 0 Å². The first kappa shape index (κ1) is 26.3. The van der Waals surface area contributed by atoms with Gasteiger partial charge in [0, 0.05) is 30.9 Å². The van der Waals surface area contributed by atoms with Crippen molar-refractivity contribution in [2.75, 3.05) is 13.2 Å². The summed E-state index contributed by atoms with van der Waals surface area (Å²) in [6, 6.07) is 13.5. The molecule has 202 valence electrons. The molecule has 2 aliphatic rings. The minimum absolute atomic E-state index is 0.0282. The van der Waals surface area contributed by atoms with Crippen molar-refractivity contribution in [1.82, 2.24) is 9.88 Å². The number of hydrogen-bond acceptors (Lipinski definition) is 7. The van der Waals surface area contributed by atoms with Crippen LogP contribution in [-0.2, 0) is 22.6 Å². The number of carbonyl (C=O) groups is 2. The molecule has 3 heterocycles. The Kier molecular flexibility index (Phi) is 7.54. The number of nitrogens with zero attached hydrogens (tertiary/aromatic N) is 2.